The van der Waals surface area contributed by atoms with Crippen molar-refractivity contribution in [2.75, 3.05) is 38.2 Å². The molecule has 2 unspecified atom stereocenters. The summed E-state index contributed by atoms with van der Waals surface area (Å²) < 4.78 is 6.97. The predicted octanol–water partition coefficient (Wildman–Crippen LogP) is 0.975. The van der Waals surface area contributed by atoms with Crippen LogP contribution in [0.3, 0.4) is 0 Å². The quantitative estimate of drug-likeness (QED) is 0.670. The third-order valence-electron chi connectivity index (χ3n) is 5.74. The Hall–Kier alpha value is -3.23. The summed E-state index contributed by atoms with van der Waals surface area (Å²) >= 11 is 0. The summed E-state index contributed by atoms with van der Waals surface area (Å²) in [5.74, 6) is 2.30. The van der Waals surface area contributed by atoms with Gasteiger partial charge in [0.15, 0.2) is 17.0 Å². The first-order valence-electron chi connectivity index (χ1n) is 9.30. The van der Waals surface area contributed by atoms with Crippen molar-refractivity contribution < 1.29 is 9.53 Å². The third kappa shape index (κ3) is 2.65. The number of rotatable bonds is 3. The topological polar surface area (TPSA) is 89.3 Å². The van der Waals surface area contributed by atoms with E-state index < -0.39 is 0 Å². The van der Waals surface area contributed by atoms with Gasteiger partial charge in [0.25, 0.3) is 5.91 Å². The summed E-state index contributed by atoms with van der Waals surface area (Å²) in [4.78, 5) is 34.4. The van der Waals surface area contributed by atoms with Crippen molar-refractivity contribution in [2.24, 2.45) is 18.9 Å². The average molecular weight is 379 g/mol. The zero-order valence-electron chi connectivity index (χ0n) is 15.8. The number of hydrogen-bond acceptors (Lipinski definition) is 7. The predicted molar refractivity (Wildman–Crippen MR) is 102 cm³/mol. The molecule has 5 heterocycles. The maximum absolute atomic E-state index is 12.8. The number of nitrogens with zero attached hydrogens (tertiary/aromatic N) is 7. The van der Waals surface area contributed by atoms with Crippen LogP contribution in [-0.4, -0.2) is 68.6 Å². The van der Waals surface area contributed by atoms with Crippen molar-refractivity contribution in [3.8, 4) is 5.88 Å². The van der Waals surface area contributed by atoms with Crippen LogP contribution in [0.5, 0.6) is 5.88 Å². The molecule has 0 bridgehead atoms. The van der Waals surface area contributed by atoms with Crippen LogP contribution in [0, 0.1) is 11.8 Å². The van der Waals surface area contributed by atoms with Crippen LogP contribution >= 0.6 is 0 Å². The Morgan fingerprint density at radius 2 is 1.86 bits per heavy atom. The highest BCUT2D eigenvalue weighted by molar-refractivity contribution is 5.94. The first-order valence-corrected chi connectivity index (χ1v) is 9.30. The van der Waals surface area contributed by atoms with E-state index in [0.29, 0.717) is 23.3 Å². The third-order valence-corrected chi connectivity index (χ3v) is 5.74. The van der Waals surface area contributed by atoms with Crippen molar-refractivity contribution in [3.05, 3.63) is 36.5 Å². The minimum atomic E-state index is 0.0326. The van der Waals surface area contributed by atoms with Crippen LogP contribution in [0.1, 0.15) is 10.4 Å². The molecule has 0 N–H and O–H groups in total. The van der Waals surface area contributed by atoms with Gasteiger partial charge in [0.05, 0.1) is 19.0 Å². The Morgan fingerprint density at radius 1 is 1.07 bits per heavy atom. The molecule has 9 nitrogen and oxygen atoms in total. The minimum absolute atomic E-state index is 0.0326. The lowest BCUT2D eigenvalue weighted by Crippen LogP contribution is -2.33. The molecule has 1 amide bonds. The van der Waals surface area contributed by atoms with Crippen molar-refractivity contribution in [3.63, 3.8) is 0 Å². The van der Waals surface area contributed by atoms with Gasteiger partial charge < -0.3 is 19.1 Å². The number of aromatic nitrogens is 5. The molecule has 9 heteroatoms. The molecular formula is C19H21N7O2. The number of ether oxygens (including phenoxy) is 1. The smallest absolute Gasteiger partial charge is 0.255 e. The first-order chi connectivity index (χ1) is 13.6. The minimum Gasteiger partial charge on any atom is -0.481 e. The Bertz CT molecular complexity index is 1020. The molecule has 5 rings (SSSR count). The molecule has 144 valence electrons. The zero-order valence-corrected chi connectivity index (χ0v) is 15.8. The highest BCUT2D eigenvalue weighted by Crippen LogP contribution is 2.35. The lowest BCUT2D eigenvalue weighted by molar-refractivity contribution is 0.0782. The molecule has 2 atom stereocenters. The van der Waals surface area contributed by atoms with Gasteiger partial charge >= 0.3 is 0 Å². The van der Waals surface area contributed by atoms with Crippen LogP contribution < -0.4 is 9.64 Å². The van der Waals surface area contributed by atoms with E-state index in [-0.39, 0.29) is 5.91 Å². The fourth-order valence-electron chi connectivity index (χ4n) is 4.31. The number of likely N-dealkylation sites (tertiary alicyclic amines) is 1. The fourth-order valence-corrected chi connectivity index (χ4v) is 4.31. The number of imidazole rings is 1. The summed E-state index contributed by atoms with van der Waals surface area (Å²) in [5, 5.41) is 0. The van der Waals surface area contributed by atoms with Crippen LogP contribution in [0.15, 0.2) is 31.0 Å². The second-order valence-corrected chi connectivity index (χ2v) is 7.45. The molecule has 0 aliphatic carbocycles. The lowest BCUT2D eigenvalue weighted by atomic mass is 10.0. The van der Waals surface area contributed by atoms with Crippen LogP contribution in [0.25, 0.3) is 11.2 Å². The van der Waals surface area contributed by atoms with E-state index in [2.05, 4.69) is 24.8 Å². The van der Waals surface area contributed by atoms with Gasteiger partial charge in [-0.3, -0.25) is 4.79 Å². The van der Waals surface area contributed by atoms with E-state index in [1.807, 2.05) is 16.5 Å². The van der Waals surface area contributed by atoms with Gasteiger partial charge in [0, 0.05) is 57.3 Å². The number of fused-ring (bicyclic) bond motifs is 2. The first kappa shape index (κ1) is 16.9. The van der Waals surface area contributed by atoms with E-state index >= 15 is 0 Å². The number of amides is 1. The van der Waals surface area contributed by atoms with Gasteiger partial charge in [-0.25, -0.2) is 19.9 Å². The Kier molecular flexibility index (Phi) is 3.88. The number of methoxy groups -OCH3 is 1. The maximum atomic E-state index is 12.8. The van der Waals surface area contributed by atoms with Gasteiger partial charge in [0.2, 0.25) is 5.88 Å². The fraction of sp³-hybridized carbons (Fsp3) is 0.421. The number of pyridine rings is 1. The normalized spacial score (nSPS) is 21.4. The number of anilines is 1. The summed E-state index contributed by atoms with van der Waals surface area (Å²) in [6.45, 7) is 3.25. The average Bonchev–Trinajstić information content (AvgIpc) is 3.41. The molecule has 3 aromatic heterocycles. The van der Waals surface area contributed by atoms with Gasteiger partial charge in [-0.1, -0.05) is 0 Å². The van der Waals surface area contributed by atoms with E-state index in [9.17, 15) is 4.79 Å². The summed E-state index contributed by atoms with van der Waals surface area (Å²) in [6.07, 6.45) is 4.95. The molecule has 0 radical (unpaired) electrons. The standard InChI is InChI=1S/C19H21N7O2/c1-24-11-23-16-17(24)21-10-22-18(16)25-6-13-8-26(9-14(13)7-25)19(27)12-3-4-15(28-2)20-5-12/h3-5,10-11,13-14H,6-9H2,1-2H3. The molecule has 2 aliphatic heterocycles. The van der Waals surface area contributed by atoms with Gasteiger partial charge in [-0.2, -0.15) is 0 Å². The molecule has 0 spiro atoms. The summed E-state index contributed by atoms with van der Waals surface area (Å²) in [5.41, 5.74) is 2.27. The van der Waals surface area contributed by atoms with Crippen LogP contribution in [-0.2, 0) is 7.05 Å². The maximum Gasteiger partial charge on any atom is 0.255 e. The van der Waals surface area contributed by atoms with Crippen LogP contribution in [0.4, 0.5) is 5.82 Å². The van der Waals surface area contributed by atoms with Gasteiger partial charge in [-0.05, 0) is 6.07 Å². The zero-order chi connectivity index (χ0) is 19.3. The molecule has 0 saturated carbocycles. The SMILES string of the molecule is COc1ccc(C(=O)N2CC3CN(c4ncnc5c4ncn5C)CC3C2)cn1. The van der Waals surface area contributed by atoms with E-state index in [1.165, 1.54) is 0 Å². The van der Waals surface area contributed by atoms with Crippen molar-refractivity contribution in [2.45, 2.75) is 0 Å². The van der Waals surface area contributed by atoms with Crippen molar-refractivity contribution in [1.29, 1.82) is 0 Å². The molecular weight excluding hydrogens is 358 g/mol. The number of hydrogen-bond donors (Lipinski definition) is 0. The monoisotopic (exact) mass is 379 g/mol. The Balaban J connectivity index is 1.30. The highest BCUT2D eigenvalue weighted by Gasteiger charge is 2.42. The van der Waals surface area contributed by atoms with Crippen molar-refractivity contribution >= 4 is 22.9 Å². The summed E-state index contributed by atoms with van der Waals surface area (Å²) in [6, 6.07) is 3.49. The van der Waals surface area contributed by atoms with E-state index in [0.717, 1.165) is 43.2 Å². The molecule has 0 aromatic carbocycles. The second-order valence-electron chi connectivity index (χ2n) is 7.45. The van der Waals surface area contributed by atoms with E-state index in [4.69, 9.17) is 4.74 Å². The number of carbonyl (C=O) groups is 1. The lowest BCUT2D eigenvalue weighted by Gasteiger charge is -2.22. The van der Waals surface area contributed by atoms with Crippen molar-refractivity contribution in [1.82, 2.24) is 29.4 Å². The summed E-state index contributed by atoms with van der Waals surface area (Å²) in [7, 11) is 3.50. The molecule has 28 heavy (non-hydrogen) atoms. The molecule has 2 aliphatic rings. The van der Waals surface area contributed by atoms with Gasteiger partial charge in [0.1, 0.15) is 6.33 Å². The van der Waals surface area contributed by atoms with Gasteiger partial charge in [-0.15, -0.1) is 0 Å². The molecule has 3 aromatic rings. The number of carbonyl (C=O) groups excluding carboxylic acids is 1. The highest BCUT2D eigenvalue weighted by atomic mass is 16.5. The molecule has 2 fully saturated rings. The second kappa shape index (κ2) is 6.43. The Labute approximate surface area is 162 Å². The molecule has 2 saturated heterocycles. The Morgan fingerprint density at radius 3 is 2.54 bits per heavy atom. The number of aryl methyl sites for hydroxylation is 1. The van der Waals surface area contributed by atoms with E-state index in [1.54, 1.807) is 38.1 Å². The largest absolute Gasteiger partial charge is 0.481 e. The van der Waals surface area contributed by atoms with Crippen LogP contribution in [0.2, 0.25) is 0 Å².